The van der Waals surface area contributed by atoms with Crippen LogP contribution in [0.25, 0.3) is 0 Å². The first-order valence-electron chi connectivity index (χ1n) is 5.16. The number of nitrogens with one attached hydrogen (secondary N) is 1. The third kappa shape index (κ3) is 5.91. The SMILES string of the molecule is CS(=O)(=O)CC(=O)NCCc1cccc(N)c1. The first-order valence-corrected chi connectivity index (χ1v) is 7.22. The smallest absolute Gasteiger partial charge is 0.235 e. The van der Waals surface area contributed by atoms with Crippen LogP contribution >= 0.6 is 0 Å². The molecule has 0 spiro atoms. The van der Waals surface area contributed by atoms with Gasteiger partial charge in [0.2, 0.25) is 5.91 Å². The van der Waals surface area contributed by atoms with Crippen LogP contribution in [0.3, 0.4) is 0 Å². The number of hydrogen-bond donors (Lipinski definition) is 2. The summed E-state index contributed by atoms with van der Waals surface area (Å²) >= 11 is 0. The second kappa shape index (κ2) is 5.67. The Morgan fingerprint density at radius 1 is 1.41 bits per heavy atom. The lowest BCUT2D eigenvalue weighted by atomic mass is 10.1. The third-order valence-electron chi connectivity index (χ3n) is 2.08. The maximum atomic E-state index is 11.2. The van der Waals surface area contributed by atoms with Crippen LogP contribution in [0.2, 0.25) is 0 Å². The number of carbonyl (C=O) groups is 1. The topological polar surface area (TPSA) is 89.3 Å². The molecule has 0 unspecified atom stereocenters. The summed E-state index contributed by atoms with van der Waals surface area (Å²) < 4.78 is 21.7. The van der Waals surface area contributed by atoms with Crippen LogP contribution in [0, 0.1) is 0 Å². The van der Waals surface area contributed by atoms with Gasteiger partial charge in [0.1, 0.15) is 5.75 Å². The van der Waals surface area contributed by atoms with E-state index in [1.807, 2.05) is 18.2 Å². The summed E-state index contributed by atoms with van der Waals surface area (Å²) in [7, 11) is -3.26. The van der Waals surface area contributed by atoms with Crippen molar-refractivity contribution in [3.8, 4) is 0 Å². The monoisotopic (exact) mass is 256 g/mol. The molecule has 1 aromatic carbocycles. The van der Waals surface area contributed by atoms with E-state index in [1.165, 1.54) is 0 Å². The van der Waals surface area contributed by atoms with E-state index in [9.17, 15) is 13.2 Å². The molecule has 0 atom stereocenters. The number of amides is 1. The third-order valence-corrected chi connectivity index (χ3v) is 2.87. The first-order chi connectivity index (χ1) is 7.87. The van der Waals surface area contributed by atoms with E-state index in [0.717, 1.165) is 11.8 Å². The zero-order chi connectivity index (χ0) is 12.9. The molecule has 6 heteroatoms. The van der Waals surface area contributed by atoms with Crippen molar-refractivity contribution in [2.75, 3.05) is 24.3 Å². The predicted octanol–water partition coefficient (Wildman–Crippen LogP) is -0.0279. The van der Waals surface area contributed by atoms with Gasteiger partial charge in [0, 0.05) is 18.5 Å². The van der Waals surface area contributed by atoms with Gasteiger partial charge in [-0.2, -0.15) is 0 Å². The molecule has 0 fully saturated rings. The van der Waals surface area contributed by atoms with Gasteiger partial charge in [-0.15, -0.1) is 0 Å². The fourth-order valence-electron chi connectivity index (χ4n) is 1.38. The number of carbonyl (C=O) groups excluding carboxylic acids is 1. The average molecular weight is 256 g/mol. The number of rotatable bonds is 5. The molecular weight excluding hydrogens is 240 g/mol. The standard InChI is InChI=1S/C11H16N2O3S/c1-17(15,16)8-11(14)13-6-5-9-3-2-4-10(12)7-9/h2-4,7H,5-6,8,12H2,1H3,(H,13,14). The Labute approximate surface area is 101 Å². The van der Waals surface area contributed by atoms with E-state index in [0.29, 0.717) is 18.7 Å². The van der Waals surface area contributed by atoms with Gasteiger partial charge >= 0.3 is 0 Å². The van der Waals surface area contributed by atoms with Gasteiger partial charge in [-0.1, -0.05) is 12.1 Å². The van der Waals surface area contributed by atoms with Crippen molar-refractivity contribution in [3.63, 3.8) is 0 Å². The van der Waals surface area contributed by atoms with Crippen LogP contribution in [0.1, 0.15) is 5.56 Å². The highest BCUT2D eigenvalue weighted by atomic mass is 32.2. The molecule has 5 nitrogen and oxygen atoms in total. The number of anilines is 1. The van der Waals surface area contributed by atoms with E-state index >= 15 is 0 Å². The average Bonchev–Trinajstić information content (AvgIpc) is 2.14. The Morgan fingerprint density at radius 3 is 2.71 bits per heavy atom. The summed E-state index contributed by atoms with van der Waals surface area (Å²) in [4.78, 5) is 11.2. The molecule has 3 N–H and O–H groups in total. The van der Waals surface area contributed by atoms with Crippen molar-refractivity contribution in [1.82, 2.24) is 5.32 Å². The molecule has 0 saturated carbocycles. The number of nitrogens with two attached hydrogens (primary N) is 1. The molecule has 0 aliphatic rings. The fourth-order valence-corrected chi connectivity index (χ4v) is 1.96. The highest BCUT2D eigenvalue weighted by Crippen LogP contribution is 2.06. The molecule has 0 aliphatic carbocycles. The van der Waals surface area contributed by atoms with Gasteiger partial charge in [-0.05, 0) is 24.1 Å². The summed E-state index contributed by atoms with van der Waals surface area (Å²) in [5, 5.41) is 2.55. The molecule has 0 bridgehead atoms. The Balaban J connectivity index is 2.36. The molecule has 17 heavy (non-hydrogen) atoms. The number of nitrogen functional groups attached to an aromatic ring is 1. The Morgan fingerprint density at radius 2 is 2.12 bits per heavy atom. The summed E-state index contributed by atoms with van der Waals surface area (Å²) in [6.07, 6.45) is 1.66. The van der Waals surface area contributed by atoms with Crippen molar-refractivity contribution < 1.29 is 13.2 Å². The highest BCUT2D eigenvalue weighted by Gasteiger charge is 2.09. The first kappa shape index (κ1) is 13.5. The summed E-state index contributed by atoms with van der Waals surface area (Å²) in [6, 6.07) is 7.34. The van der Waals surface area contributed by atoms with Crippen LogP contribution in [0.4, 0.5) is 5.69 Å². The Kier molecular flexibility index (Phi) is 4.51. The molecule has 1 amide bonds. The van der Waals surface area contributed by atoms with Crippen LogP contribution in [-0.2, 0) is 21.1 Å². The van der Waals surface area contributed by atoms with Crippen molar-refractivity contribution in [2.24, 2.45) is 0 Å². The van der Waals surface area contributed by atoms with E-state index in [4.69, 9.17) is 5.73 Å². The predicted molar refractivity (Wildman–Crippen MR) is 67.3 cm³/mol. The zero-order valence-electron chi connectivity index (χ0n) is 9.64. The minimum atomic E-state index is -3.26. The summed E-state index contributed by atoms with van der Waals surface area (Å²) in [5.74, 6) is -0.944. The van der Waals surface area contributed by atoms with E-state index < -0.39 is 21.5 Å². The van der Waals surface area contributed by atoms with Crippen molar-refractivity contribution in [3.05, 3.63) is 29.8 Å². The van der Waals surface area contributed by atoms with Gasteiger partial charge in [0.25, 0.3) is 0 Å². The minimum Gasteiger partial charge on any atom is -0.399 e. The molecular formula is C11H16N2O3S. The normalized spacial score (nSPS) is 11.1. The number of sulfone groups is 1. The van der Waals surface area contributed by atoms with Crippen molar-refractivity contribution in [1.29, 1.82) is 0 Å². The van der Waals surface area contributed by atoms with Crippen LogP contribution in [0.5, 0.6) is 0 Å². The summed E-state index contributed by atoms with van der Waals surface area (Å²) in [6.45, 7) is 0.401. The van der Waals surface area contributed by atoms with Gasteiger partial charge in [0.05, 0.1) is 0 Å². The highest BCUT2D eigenvalue weighted by molar-refractivity contribution is 7.91. The molecule has 0 saturated heterocycles. The lowest BCUT2D eigenvalue weighted by Crippen LogP contribution is -2.31. The fraction of sp³-hybridized carbons (Fsp3) is 0.364. The maximum Gasteiger partial charge on any atom is 0.235 e. The van der Waals surface area contributed by atoms with Gasteiger partial charge in [-0.3, -0.25) is 4.79 Å². The van der Waals surface area contributed by atoms with Gasteiger partial charge in [-0.25, -0.2) is 8.42 Å². The minimum absolute atomic E-state index is 0.401. The molecule has 1 aromatic rings. The number of benzene rings is 1. The van der Waals surface area contributed by atoms with Crippen molar-refractivity contribution >= 4 is 21.4 Å². The van der Waals surface area contributed by atoms with Crippen LogP contribution in [-0.4, -0.2) is 32.9 Å². The largest absolute Gasteiger partial charge is 0.399 e. The van der Waals surface area contributed by atoms with Crippen LogP contribution in [0.15, 0.2) is 24.3 Å². The Bertz CT molecular complexity index is 497. The molecule has 94 valence electrons. The molecule has 0 heterocycles. The molecule has 0 aliphatic heterocycles. The molecule has 1 rings (SSSR count). The molecule has 0 radical (unpaired) electrons. The van der Waals surface area contributed by atoms with Crippen molar-refractivity contribution in [2.45, 2.75) is 6.42 Å². The van der Waals surface area contributed by atoms with Gasteiger partial charge < -0.3 is 11.1 Å². The Hall–Kier alpha value is -1.56. The number of hydrogen-bond acceptors (Lipinski definition) is 4. The molecule has 0 aromatic heterocycles. The second-order valence-corrected chi connectivity index (χ2v) is 6.06. The van der Waals surface area contributed by atoms with Gasteiger partial charge in [0.15, 0.2) is 9.84 Å². The van der Waals surface area contributed by atoms with E-state index in [1.54, 1.807) is 6.07 Å². The van der Waals surface area contributed by atoms with E-state index in [2.05, 4.69) is 5.32 Å². The van der Waals surface area contributed by atoms with E-state index in [-0.39, 0.29) is 0 Å². The maximum absolute atomic E-state index is 11.2. The van der Waals surface area contributed by atoms with Crippen LogP contribution < -0.4 is 11.1 Å². The summed E-state index contributed by atoms with van der Waals surface area (Å²) in [5.41, 5.74) is 7.28. The lowest BCUT2D eigenvalue weighted by Gasteiger charge is -2.05. The lowest BCUT2D eigenvalue weighted by molar-refractivity contribution is -0.118. The second-order valence-electron chi connectivity index (χ2n) is 3.92. The quantitative estimate of drug-likeness (QED) is 0.724. The zero-order valence-corrected chi connectivity index (χ0v) is 10.5.